The highest BCUT2D eigenvalue weighted by Crippen LogP contribution is 2.18. The lowest BCUT2D eigenvalue weighted by Gasteiger charge is -2.18. The van der Waals surface area contributed by atoms with Gasteiger partial charge < -0.3 is 4.90 Å². The summed E-state index contributed by atoms with van der Waals surface area (Å²) in [5.41, 5.74) is 1.83. The fraction of sp³-hybridized carbons (Fsp3) is 0.316. The summed E-state index contributed by atoms with van der Waals surface area (Å²) in [6.07, 6.45) is 0.924. The summed E-state index contributed by atoms with van der Waals surface area (Å²) >= 11 is 0. The van der Waals surface area contributed by atoms with E-state index in [1.165, 1.54) is 10.5 Å². The van der Waals surface area contributed by atoms with Crippen LogP contribution < -0.4 is 4.72 Å². The molecule has 0 aliphatic heterocycles. The van der Waals surface area contributed by atoms with Crippen LogP contribution in [-0.4, -0.2) is 32.8 Å². The summed E-state index contributed by atoms with van der Waals surface area (Å²) in [4.78, 5) is 13.8. The standard InChI is InChI=1S/C19H23FN2O3S/c1-4-14-6-8-15(9-7-14)13-22(3)19(23)17-12-16(10-11-18(17)20)26(24,25)21-5-2/h6-12,21H,4-5,13H2,1-3H3. The van der Waals surface area contributed by atoms with Gasteiger partial charge in [-0.25, -0.2) is 17.5 Å². The van der Waals surface area contributed by atoms with Gasteiger partial charge in [-0.2, -0.15) is 0 Å². The lowest BCUT2D eigenvalue weighted by molar-refractivity contribution is 0.0780. The summed E-state index contributed by atoms with van der Waals surface area (Å²) < 4.78 is 40.6. The van der Waals surface area contributed by atoms with E-state index in [4.69, 9.17) is 0 Å². The highest BCUT2D eigenvalue weighted by molar-refractivity contribution is 7.89. The number of carbonyl (C=O) groups excluding carboxylic acids is 1. The number of halogens is 1. The molecular weight excluding hydrogens is 355 g/mol. The molecule has 26 heavy (non-hydrogen) atoms. The van der Waals surface area contributed by atoms with Gasteiger partial charge in [0.05, 0.1) is 10.5 Å². The van der Waals surface area contributed by atoms with Gasteiger partial charge in [0, 0.05) is 20.1 Å². The quantitative estimate of drug-likeness (QED) is 0.806. The van der Waals surface area contributed by atoms with Crippen molar-refractivity contribution < 1.29 is 17.6 Å². The predicted molar refractivity (Wildman–Crippen MR) is 98.9 cm³/mol. The Labute approximate surface area is 153 Å². The molecule has 0 fully saturated rings. The fourth-order valence-electron chi connectivity index (χ4n) is 2.54. The monoisotopic (exact) mass is 378 g/mol. The van der Waals surface area contributed by atoms with Crippen molar-refractivity contribution >= 4 is 15.9 Å². The maximum atomic E-state index is 14.1. The van der Waals surface area contributed by atoms with Crippen LogP contribution in [0, 0.1) is 5.82 Å². The molecule has 1 N–H and O–H groups in total. The van der Waals surface area contributed by atoms with E-state index < -0.39 is 21.7 Å². The number of hydrogen-bond donors (Lipinski definition) is 1. The maximum Gasteiger partial charge on any atom is 0.256 e. The van der Waals surface area contributed by atoms with E-state index in [0.29, 0.717) is 6.54 Å². The Bertz CT molecular complexity index is 880. The van der Waals surface area contributed by atoms with Gasteiger partial charge in [0.25, 0.3) is 5.91 Å². The Balaban J connectivity index is 2.24. The zero-order valence-electron chi connectivity index (χ0n) is 15.1. The van der Waals surface area contributed by atoms with Crippen molar-refractivity contribution in [3.63, 3.8) is 0 Å². The van der Waals surface area contributed by atoms with E-state index in [9.17, 15) is 17.6 Å². The molecule has 5 nitrogen and oxygen atoms in total. The first-order chi connectivity index (χ1) is 12.3. The molecule has 0 unspecified atom stereocenters. The van der Waals surface area contributed by atoms with E-state index in [1.54, 1.807) is 14.0 Å². The van der Waals surface area contributed by atoms with Crippen molar-refractivity contribution in [1.29, 1.82) is 0 Å². The van der Waals surface area contributed by atoms with Gasteiger partial charge in [-0.1, -0.05) is 38.1 Å². The third-order valence-corrected chi connectivity index (χ3v) is 5.55. The second-order valence-corrected chi connectivity index (χ2v) is 7.74. The van der Waals surface area contributed by atoms with E-state index >= 15 is 0 Å². The second-order valence-electron chi connectivity index (χ2n) is 5.97. The molecule has 0 aliphatic rings. The first-order valence-corrected chi connectivity index (χ1v) is 9.89. The zero-order valence-corrected chi connectivity index (χ0v) is 15.9. The molecule has 1 amide bonds. The van der Waals surface area contributed by atoms with E-state index in [-0.39, 0.29) is 17.0 Å². The van der Waals surface area contributed by atoms with Gasteiger partial charge in [0.1, 0.15) is 5.82 Å². The minimum absolute atomic E-state index is 0.134. The van der Waals surface area contributed by atoms with Gasteiger partial charge in [-0.05, 0) is 35.7 Å². The van der Waals surface area contributed by atoms with Crippen LogP contribution in [0.1, 0.15) is 35.3 Å². The number of nitrogens with zero attached hydrogens (tertiary/aromatic N) is 1. The van der Waals surface area contributed by atoms with Crippen LogP contribution in [0.25, 0.3) is 0 Å². The van der Waals surface area contributed by atoms with Crippen LogP contribution in [0.3, 0.4) is 0 Å². The number of benzene rings is 2. The number of rotatable bonds is 7. The Morgan fingerprint density at radius 3 is 2.27 bits per heavy atom. The summed E-state index contributed by atoms with van der Waals surface area (Å²) in [7, 11) is -2.21. The van der Waals surface area contributed by atoms with Gasteiger partial charge in [-0.15, -0.1) is 0 Å². The van der Waals surface area contributed by atoms with Crippen molar-refractivity contribution in [3.8, 4) is 0 Å². The minimum Gasteiger partial charge on any atom is -0.337 e. The van der Waals surface area contributed by atoms with Crippen LogP contribution in [-0.2, 0) is 23.0 Å². The zero-order chi connectivity index (χ0) is 19.3. The molecule has 0 aliphatic carbocycles. The molecule has 7 heteroatoms. The average Bonchev–Trinajstić information content (AvgIpc) is 2.62. The lowest BCUT2D eigenvalue weighted by Crippen LogP contribution is -2.28. The second kappa shape index (κ2) is 8.42. The maximum absolute atomic E-state index is 14.1. The number of aryl methyl sites for hydroxylation is 1. The van der Waals surface area contributed by atoms with E-state index in [2.05, 4.69) is 11.6 Å². The molecule has 140 valence electrons. The number of amides is 1. The molecule has 2 rings (SSSR count). The highest BCUT2D eigenvalue weighted by Gasteiger charge is 2.21. The van der Waals surface area contributed by atoms with Crippen LogP contribution in [0.5, 0.6) is 0 Å². The summed E-state index contributed by atoms with van der Waals surface area (Å²) in [5, 5.41) is 0. The molecule has 2 aromatic carbocycles. The Hall–Kier alpha value is -2.25. The van der Waals surface area contributed by atoms with Crippen LogP contribution in [0.4, 0.5) is 4.39 Å². The summed E-state index contributed by atoms with van der Waals surface area (Å²) in [5.74, 6) is -1.32. The molecular formula is C19H23FN2O3S. The molecule has 0 saturated heterocycles. The molecule has 0 bridgehead atoms. The Kier molecular flexibility index (Phi) is 6.50. The molecule has 0 radical (unpaired) electrons. The van der Waals surface area contributed by atoms with Crippen molar-refractivity contribution in [2.75, 3.05) is 13.6 Å². The third-order valence-electron chi connectivity index (χ3n) is 4.01. The van der Waals surface area contributed by atoms with Gasteiger partial charge >= 0.3 is 0 Å². The number of hydrogen-bond acceptors (Lipinski definition) is 3. The summed E-state index contributed by atoms with van der Waals surface area (Å²) in [6, 6.07) is 11.0. The first-order valence-electron chi connectivity index (χ1n) is 8.41. The summed E-state index contributed by atoms with van der Waals surface area (Å²) in [6.45, 7) is 4.20. The third kappa shape index (κ3) is 4.68. The van der Waals surface area contributed by atoms with Crippen LogP contribution in [0.15, 0.2) is 47.4 Å². The molecule has 0 spiro atoms. The largest absolute Gasteiger partial charge is 0.337 e. The lowest BCUT2D eigenvalue weighted by atomic mass is 10.1. The van der Waals surface area contributed by atoms with E-state index in [0.717, 1.165) is 30.2 Å². The molecule has 0 aromatic heterocycles. The first kappa shape index (κ1) is 20.1. The van der Waals surface area contributed by atoms with Crippen molar-refractivity contribution in [2.45, 2.75) is 31.7 Å². The molecule has 2 aromatic rings. The smallest absolute Gasteiger partial charge is 0.256 e. The number of sulfonamides is 1. The Morgan fingerprint density at radius 1 is 1.08 bits per heavy atom. The normalized spacial score (nSPS) is 11.4. The number of carbonyl (C=O) groups is 1. The predicted octanol–water partition coefficient (Wildman–Crippen LogP) is 2.96. The van der Waals surface area contributed by atoms with Crippen molar-refractivity contribution in [1.82, 2.24) is 9.62 Å². The topological polar surface area (TPSA) is 66.5 Å². The Morgan fingerprint density at radius 2 is 1.69 bits per heavy atom. The van der Waals surface area contributed by atoms with E-state index in [1.807, 2.05) is 24.3 Å². The molecule has 0 saturated carbocycles. The van der Waals surface area contributed by atoms with Crippen LogP contribution >= 0.6 is 0 Å². The fourth-order valence-corrected chi connectivity index (χ4v) is 3.61. The van der Waals surface area contributed by atoms with Gasteiger partial charge in [0.2, 0.25) is 10.0 Å². The van der Waals surface area contributed by atoms with Crippen molar-refractivity contribution in [3.05, 3.63) is 65.0 Å². The average molecular weight is 378 g/mol. The molecule has 0 atom stereocenters. The SMILES string of the molecule is CCNS(=O)(=O)c1ccc(F)c(C(=O)N(C)Cc2ccc(CC)cc2)c1. The molecule has 0 heterocycles. The van der Waals surface area contributed by atoms with Crippen LogP contribution in [0.2, 0.25) is 0 Å². The van der Waals surface area contributed by atoms with Gasteiger partial charge in [0.15, 0.2) is 0 Å². The van der Waals surface area contributed by atoms with Gasteiger partial charge in [-0.3, -0.25) is 4.79 Å². The highest BCUT2D eigenvalue weighted by atomic mass is 32.2. The number of nitrogens with one attached hydrogen (secondary N) is 1. The minimum atomic E-state index is -3.76. The van der Waals surface area contributed by atoms with Crippen molar-refractivity contribution in [2.24, 2.45) is 0 Å².